The second-order valence-corrected chi connectivity index (χ2v) is 9.04. The predicted molar refractivity (Wildman–Crippen MR) is 125 cm³/mol. The first-order valence-electron chi connectivity index (χ1n) is 10.8. The molecule has 180 valence electrons. The van der Waals surface area contributed by atoms with Crippen LogP contribution in [-0.2, 0) is 30.3 Å². The van der Waals surface area contributed by atoms with E-state index in [0.29, 0.717) is 23.5 Å². The Hall–Kier alpha value is -3.33. The molecule has 2 aromatic carbocycles. The summed E-state index contributed by atoms with van der Waals surface area (Å²) in [5.74, 6) is -0.288. The van der Waals surface area contributed by atoms with E-state index < -0.39 is 18.0 Å². The van der Waals surface area contributed by atoms with Crippen molar-refractivity contribution in [1.82, 2.24) is 0 Å². The minimum Gasteiger partial charge on any atom is -0.497 e. The first kappa shape index (κ1) is 25.3. The zero-order valence-electron chi connectivity index (χ0n) is 18.7. The van der Waals surface area contributed by atoms with Gasteiger partial charge in [-0.1, -0.05) is 36.0 Å². The number of benzene rings is 2. The molecule has 1 aliphatic heterocycles. The van der Waals surface area contributed by atoms with E-state index in [-0.39, 0.29) is 48.4 Å². The van der Waals surface area contributed by atoms with Gasteiger partial charge in [0.1, 0.15) is 18.1 Å². The highest BCUT2D eigenvalue weighted by molar-refractivity contribution is 8.15. The lowest BCUT2D eigenvalue weighted by Gasteiger charge is -2.19. The topological polar surface area (TPSA) is 116 Å². The fraction of sp³-hybridized carbons (Fsp3) is 0.360. The van der Waals surface area contributed by atoms with Gasteiger partial charge in [0.05, 0.1) is 18.8 Å². The van der Waals surface area contributed by atoms with Crippen molar-refractivity contribution >= 4 is 34.6 Å². The van der Waals surface area contributed by atoms with Crippen LogP contribution < -0.4 is 9.47 Å². The van der Waals surface area contributed by atoms with E-state index >= 15 is 0 Å². The number of thioether (sulfide) groups is 1. The Kier molecular flexibility index (Phi) is 9.09. The van der Waals surface area contributed by atoms with Crippen molar-refractivity contribution in [2.45, 2.75) is 43.5 Å². The highest BCUT2D eigenvalue weighted by Gasteiger charge is 2.31. The number of hydrogen-bond donors (Lipinski definition) is 1. The van der Waals surface area contributed by atoms with Crippen molar-refractivity contribution in [3.63, 3.8) is 0 Å². The standard InChI is InChI=1S/C25H26O8S/c1-31-18-11-7-17(8-12-18)21(33-24(29)4-2-3-23(27)28)15-32-19-9-5-16(6-10-19)13-22-20(26)14-25(30)34-22/h5-12,21-22H,2-4,13-15H2,1H3,(H,27,28). The monoisotopic (exact) mass is 486 g/mol. The normalized spacial score (nSPS) is 16.2. The minimum atomic E-state index is -0.964. The Bertz CT molecular complexity index is 1020. The summed E-state index contributed by atoms with van der Waals surface area (Å²) in [5, 5.41) is 8.33. The Morgan fingerprint density at radius 2 is 1.71 bits per heavy atom. The van der Waals surface area contributed by atoms with Crippen LogP contribution in [-0.4, -0.2) is 46.9 Å². The van der Waals surface area contributed by atoms with Gasteiger partial charge in [0.2, 0.25) is 0 Å². The number of aliphatic carboxylic acids is 1. The average Bonchev–Trinajstić information content (AvgIpc) is 3.13. The predicted octanol–water partition coefficient (Wildman–Crippen LogP) is 3.76. The van der Waals surface area contributed by atoms with Gasteiger partial charge in [0.15, 0.2) is 17.0 Å². The second kappa shape index (κ2) is 12.2. The van der Waals surface area contributed by atoms with Crippen LogP contribution in [0.5, 0.6) is 11.5 Å². The molecule has 0 radical (unpaired) electrons. The summed E-state index contributed by atoms with van der Waals surface area (Å²) in [7, 11) is 1.56. The first-order chi connectivity index (χ1) is 16.3. The van der Waals surface area contributed by atoms with E-state index in [4.69, 9.17) is 19.3 Å². The van der Waals surface area contributed by atoms with Crippen molar-refractivity contribution in [1.29, 1.82) is 0 Å². The molecular weight excluding hydrogens is 460 g/mol. The maximum absolute atomic E-state index is 12.3. The summed E-state index contributed by atoms with van der Waals surface area (Å²) in [6, 6.07) is 14.3. The summed E-state index contributed by atoms with van der Waals surface area (Å²) in [4.78, 5) is 46.2. The number of carboxylic acid groups (broad SMARTS) is 1. The van der Waals surface area contributed by atoms with Crippen LogP contribution in [0.25, 0.3) is 0 Å². The van der Waals surface area contributed by atoms with Gasteiger partial charge in [-0.25, -0.2) is 0 Å². The van der Waals surface area contributed by atoms with Crippen molar-refractivity contribution in [3.8, 4) is 11.5 Å². The molecule has 0 amide bonds. The molecule has 1 fully saturated rings. The molecule has 34 heavy (non-hydrogen) atoms. The smallest absolute Gasteiger partial charge is 0.306 e. The fourth-order valence-electron chi connectivity index (χ4n) is 3.40. The van der Waals surface area contributed by atoms with E-state index in [1.165, 1.54) is 0 Å². The van der Waals surface area contributed by atoms with Gasteiger partial charge in [-0.2, -0.15) is 0 Å². The van der Waals surface area contributed by atoms with Gasteiger partial charge in [0, 0.05) is 12.8 Å². The third kappa shape index (κ3) is 7.62. The number of ether oxygens (including phenoxy) is 3. The summed E-state index contributed by atoms with van der Waals surface area (Å²) >= 11 is 1.09. The van der Waals surface area contributed by atoms with Crippen LogP contribution in [0.4, 0.5) is 0 Å². The van der Waals surface area contributed by atoms with Gasteiger partial charge in [-0.15, -0.1) is 0 Å². The first-order valence-corrected chi connectivity index (χ1v) is 11.7. The van der Waals surface area contributed by atoms with Crippen LogP contribution in [0, 0.1) is 0 Å². The molecular formula is C25H26O8S. The minimum absolute atomic E-state index is 0.00168. The number of ketones is 1. The number of esters is 1. The molecule has 8 nitrogen and oxygen atoms in total. The molecule has 1 aliphatic rings. The summed E-state index contributed by atoms with van der Waals surface area (Å²) < 4.78 is 16.6. The number of rotatable bonds is 12. The zero-order chi connectivity index (χ0) is 24.5. The zero-order valence-corrected chi connectivity index (χ0v) is 19.5. The fourth-order valence-corrected chi connectivity index (χ4v) is 4.44. The van der Waals surface area contributed by atoms with E-state index in [2.05, 4.69) is 0 Å². The molecule has 2 unspecified atom stereocenters. The van der Waals surface area contributed by atoms with E-state index in [9.17, 15) is 19.2 Å². The van der Waals surface area contributed by atoms with Crippen LogP contribution >= 0.6 is 11.8 Å². The number of methoxy groups -OCH3 is 1. The number of carbonyl (C=O) groups is 4. The second-order valence-electron chi connectivity index (χ2n) is 7.78. The van der Waals surface area contributed by atoms with Gasteiger partial charge < -0.3 is 19.3 Å². The third-order valence-electron chi connectivity index (χ3n) is 5.23. The lowest BCUT2D eigenvalue weighted by molar-refractivity contribution is -0.151. The van der Waals surface area contributed by atoms with Crippen LogP contribution in [0.2, 0.25) is 0 Å². The molecule has 9 heteroatoms. The van der Waals surface area contributed by atoms with Crippen molar-refractivity contribution < 1.29 is 38.5 Å². The molecule has 2 aromatic rings. The maximum atomic E-state index is 12.3. The molecule has 0 bridgehead atoms. The molecule has 1 N–H and O–H groups in total. The van der Waals surface area contributed by atoms with E-state index in [0.717, 1.165) is 17.3 Å². The SMILES string of the molecule is COc1ccc(C(COc2ccc(CC3SC(=O)CC3=O)cc2)OC(=O)CCCC(=O)O)cc1. The summed E-state index contributed by atoms with van der Waals surface area (Å²) in [5.41, 5.74) is 1.63. The number of Topliss-reactive ketones (excluding diaryl/α,β-unsaturated/α-hetero) is 1. The van der Waals surface area contributed by atoms with Crippen LogP contribution in [0.1, 0.15) is 42.9 Å². The van der Waals surface area contributed by atoms with Crippen LogP contribution in [0.3, 0.4) is 0 Å². The molecule has 0 saturated carbocycles. The lowest BCUT2D eigenvalue weighted by atomic mass is 10.1. The molecule has 0 spiro atoms. The molecule has 3 rings (SSSR count). The third-order valence-corrected chi connectivity index (χ3v) is 6.35. The Morgan fingerprint density at radius 1 is 1.03 bits per heavy atom. The average molecular weight is 487 g/mol. The number of hydrogen-bond acceptors (Lipinski definition) is 8. The van der Waals surface area contributed by atoms with Crippen molar-refractivity contribution in [2.75, 3.05) is 13.7 Å². The van der Waals surface area contributed by atoms with E-state index in [1.807, 2.05) is 12.1 Å². The molecule has 1 heterocycles. The van der Waals surface area contributed by atoms with Crippen LogP contribution in [0.15, 0.2) is 48.5 Å². The Labute approximate surface area is 201 Å². The maximum Gasteiger partial charge on any atom is 0.306 e. The lowest BCUT2D eigenvalue weighted by Crippen LogP contribution is -2.18. The Morgan fingerprint density at radius 3 is 2.29 bits per heavy atom. The number of carboxylic acids is 1. The quantitative estimate of drug-likeness (QED) is 0.353. The van der Waals surface area contributed by atoms with Crippen molar-refractivity contribution in [2.24, 2.45) is 0 Å². The molecule has 0 aromatic heterocycles. The molecule has 2 atom stereocenters. The molecule has 0 aliphatic carbocycles. The van der Waals surface area contributed by atoms with Gasteiger partial charge in [0.25, 0.3) is 0 Å². The highest BCUT2D eigenvalue weighted by atomic mass is 32.2. The van der Waals surface area contributed by atoms with Gasteiger partial charge in [-0.05, 0) is 48.2 Å². The molecule has 1 saturated heterocycles. The largest absolute Gasteiger partial charge is 0.497 e. The van der Waals surface area contributed by atoms with Crippen molar-refractivity contribution in [3.05, 3.63) is 59.7 Å². The van der Waals surface area contributed by atoms with Gasteiger partial charge >= 0.3 is 11.9 Å². The highest BCUT2D eigenvalue weighted by Crippen LogP contribution is 2.29. The van der Waals surface area contributed by atoms with Gasteiger partial charge in [-0.3, -0.25) is 19.2 Å². The van der Waals surface area contributed by atoms with E-state index in [1.54, 1.807) is 43.5 Å². The number of carbonyl (C=O) groups excluding carboxylic acids is 3. The summed E-state index contributed by atoms with van der Waals surface area (Å²) in [6.45, 7) is 0.0574. The Balaban J connectivity index is 1.60. The summed E-state index contributed by atoms with van der Waals surface area (Å²) in [6.07, 6.45) is -0.130.